The van der Waals surface area contributed by atoms with Crippen LogP contribution in [0.3, 0.4) is 0 Å². The third-order valence-electron chi connectivity index (χ3n) is 2.78. The molecule has 0 bridgehead atoms. The number of nitrogens with one attached hydrogen (secondary N) is 1. The molecule has 3 nitrogen and oxygen atoms in total. The first-order chi connectivity index (χ1) is 8.76. The summed E-state index contributed by atoms with van der Waals surface area (Å²) in [6.07, 6.45) is 4.32. The molecule has 0 heterocycles. The summed E-state index contributed by atoms with van der Waals surface area (Å²) in [4.78, 5) is 11.5. The van der Waals surface area contributed by atoms with Gasteiger partial charge in [-0.05, 0) is 30.5 Å². The van der Waals surface area contributed by atoms with Gasteiger partial charge in [-0.15, -0.1) is 0 Å². The van der Waals surface area contributed by atoms with Gasteiger partial charge in [0.2, 0.25) is 0 Å². The third kappa shape index (κ3) is 5.71. The van der Waals surface area contributed by atoms with E-state index in [1.54, 1.807) is 0 Å². The molecule has 0 aliphatic carbocycles. The van der Waals surface area contributed by atoms with Crippen molar-refractivity contribution in [2.24, 2.45) is 0 Å². The van der Waals surface area contributed by atoms with Crippen molar-refractivity contribution in [3.63, 3.8) is 0 Å². The van der Waals surface area contributed by atoms with Crippen LogP contribution in [0.15, 0.2) is 24.3 Å². The highest BCUT2D eigenvalue weighted by atomic mass is 16.5. The Morgan fingerprint density at radius 3 is 2.83 bits per heavy atom. The van der Waals surface area contributed by atoms with Crippen LogP contribution in [0.2, 0.25) is 0 Å². The highest BCUT2D eigenvalue weighted by molar-refractivity contribution is 5.77. The number of unbranched alkanes of at least 4 members (excludes halogenated alkanes) is 2. The maximum absolute atomic E-state index is 11.5. The average molecular weight is 249 g/mol. The molecule has 1 N–H and O–H groups in total. The zero-order valence-corrected chi connectivity index (χ0v) is 11.4. The zero-order chi connectivity index (χ0) is 13.2. The van der Waals surface area contributed by atoms with Gasteiger partial charge in [0, 0.05) is 6.54 Å². The minimum absolute atomic E-state index is 0.0481. The van der Waals surface area contributed by atoms with E-state index in [0.29, 0.717) is 0 Å². The second kappa shape index (κ2) is 8.56. The highest BCUT2D eigenvalue weighted by Gasteiger charge is 2.02. The van der Waals surface area contributed by atoms with Crippen LogP contribution >= 0.6 is 0 Å². The second-order valence-electron chi connectivity index (χ2n) is 4.35. The Hall–Kier alpha value is -1.51. The number of amides is 1. The Balaban J connectivity index is 2.24. The second-order valence-corrected chi connectivity index (χ2v) is 4.35. The largest absolute Gasteiger partial charge is 0.484 e. The predicted molar refractivity (Wildman–Crippen MR) is 73.8 cm³/mol. The fraction of sp³-hybridized carbons (Fsp3) is 0.533. The van der Waals surface area contributed by atoms with Gasteiger partial charge in [-0.25, -0.2) is 0 Å². The molecule has 0 unspecified atom stereocenters. The van der Waals surface area contributed by atoms with Crippen LogP contribution in [-0.2, 0) is 11.2 Å². The smallest absolute Gasteiger partial charge is 0.257 e. The first-order valence-electron chi connectivity index (χ1n) is 6.74. The predicted octanol–water partition coefficient (Wildman–Crippen LogP) is 2.93. The molecule has 1 rings (SSSR count). The van der Waals surface area contributed by atoms with E-state index in [1.807, 2.05) is 18.2 Å². The van der Waals surface area contributed by atoms with E-state index in [9.17, 15) is 4.79 Å². The Morgan fingerprint density at radius 2 is 2.11 bits per heavy atom. The molecule has 0 fully saturated rings. The van der Waals surface area contributed by atoms with Crippen molar-refractivity contribution < 1.29 is 9.53 Å². The zero-order valence-electron chi connectivity index (χ0n) is 11.4. The fourth-order valence-electron chi connectivity index (χ4n) is 1.66. The van der Waals surface area contributed by atoms with E-state index < -0.39 is 0 Å². The van der Waals surface area contributed by atoms with E-state index in [-0.39, 0.29) is 12.5 Å². The maximum atomic E-state index is 11.5. The average Bonchev–Trinajstić information content (AvgIpc) is 2.41. The first-order valence-corrected chi connectivity index (χ1v) is 6.74. The molecule has 1 aromatic carbocycles. The van der Waals surface area contributed by atoms with Crippen LogP contribution < -0.4 is 10.1 Å². The van der Waals surface area contributed by atoms with Crippen molar-refractivity contribution >= 4 is 5.91 Å². The number of rotatable bonds is 8. The monoisotopic (exact) mass is 249 g/mol. The summed E-state index contributed by atoms with van der Waals surface area (Å²) in [5, 5.41) is 2.85. The van der Waals surface area contributed by atoms with E-state index in [1.165, 1.54) is 5.56 Å². The summed E-state index contributed by atoms with van der Waals surface area (Å²) in [5.74, 6) is 0.714. The number of benzene rings is 1. The van der Waals surface area contributed by atoms with Crippen molar-refractivity contribution in [3.05, 3.63) is 29.8 Å². The van der Waals surface area contributed by atoms with Crippen LogP contribution in [0.5, 0.6) is 5.75 Å². The van der Waals surface area contributed by atoms with Gasteiger partial charge < -0.3 is 10.1 Å². The lowest BCUT2D eigenvalue weighted by molar-refractivity contribution is -0.123. The van der Waals surface area contributed by atoms with Gasteiger partial charge in [-0.2, -0.15) is 0 Å². The maximum Gasteiger partial charge on any atom is 0.257 e. The van der Waals surface area contributed by atoms with E-state index in [0.717, 1.165) is 38.0 Å². The molecule has 0 aliphatic heterocycles. The molecule has 0 saturated heterocycles. The highest BCUT2D eigenvalue weighted by Crippen LogP contribution is 2.13. The standard InChI is InChI=1S/C15H23NO2/c1-3-5-6-10-16-15(17)12-18-14-9-7-8-13(4-2)11-14/h7-9,11H,3-6,10,12H2,1-2H3,(H,16,17). The van der Waals surface area contributed by atoms with Gasteiger partial charge in [0.05, 0.1) is 0 Å². The molecule has 0 atom stereocenters. The Bertz CT molecular complexity index is 363. The minimum Gasteiger partial charge on any atom is -0.484 e. The summed E-state index contributed by atoms with van der Waals surface area (Å²) in [6, 6.07) is 7.86. The normalized spacial score (nSPS) is 10.1. The van der Waals surface area contributed by atoms with Crippen LogP contribution in [0, 0.1) is 0 Å². The topological polar surface area (TPSA) is 38.3 Å². The van der Waals surface area contributed by atoms with E-state index in [4.69, 9.17) is 4.74 Å². The first kappa shape index (κ1) is 14.6. The quantitative estimate of drug-likeness (QED) is 0.719. The Labute approximate surface area is 110 Å². The lowest BCUT2D eigenvalue weighted by Crippen LogP contribution is -2.29. The minimum atomic E-state index is -0.0481. The van der Waals surface area contributed by atoms with Gasteiger partial charge >= 0.3 is 0 Å². The molecule has 0 aromatic heterocycles. The number of hydrogen-bond acceptors (Lipinski definition) is 2. The summed E-state index contributed by atoms with van der Waals surface area (Å²) in [5.41, 5.74) is 1.22. The van der Waals surface area contributed by atoms with Gasteiger partial charge in [0.1, 0.15) is 5.75 Å². The van der Waals surface area contributed by atoms with Gasteiger partial charge in [0.25, 0.3) is 5.91 Å². The third-order valence-corrected chi connectivity index (χ3v) is 2.78. The van der Waals surface area contributed by atoms with Gasteiger partial charge in [0.15, 0.2) is 6.61 Å². The number of hydrogen-bond donors (Lipinski definition) is 1. The van der Waals surface area contributed by atoms with Crippen molar-refractivity contribution in [3.8, 4) is 5.75 Å². The van der Waals surface area contributed by atoms with Crippen LogP contribution in [0.4, 0.5) is 0 Å². The Morgan fingerprint density at radius 1 is 1.28 bits per heavy atom. The molecule has 100 valence electrons. The molecule has 3 heteroatoms. The molecule has 0 spiro atoms. The molecule has 0 radical (unpaired) electrons. The fourth-order valence-corrected chi connectivity index (χ4v) is 1.66. The van der Waals surface area contributed by atoms with E-state index in [2.05, 4.69) is 25.2 Å². The lowest BCUT2D eigenvalue weighted by Gasteiger charge is -2.08. The summed E-state index contributed by atoms with van der Waals surface area (Å²) in [7, 11) is 0. The summed E-state index contributed by atoms with van der Waals surface area (Å²) >= 11 is 0. The number of ether oxygens (including phenoxy) is 1. The molecule has 0 saturated carbocycles. The molecule has 1 aromatic rings. The van der Waals surface area contributed by atoms with Crippen LogP contribution in [0.25, 0.3) is 0 Å². The Kier molecular flexibility index (Phi) is 6.92. The molecule has 18 heavy (non-hydrogen) atoms. The lowest BCUT2D eigenvalue weighted by atomic mass is 10.2. The van der Waals surface area contributed by atoms with Gasteiger partial charge in [-0.1, -0.05) is 38.8 Å². The van der Waals surface area contributed by atoms with Crippen molar-refractivity contribution in [1.82, 2.24) is 5.32 Å². The molecule has 1 amide bonds. The van der Waals surface area contributed by atoms with Crippen LogP contribution in [-0.4, -0.2) is 19.1 Å². The molecule has 0 aliphatic rings. The van der Waals surface area contributed by atoms with Crippen molar-refractivity contribution in [1.29, 1.82) is 0 Å². The molecular formula is C15H23NO2. The summed E-state index contributed by atoms with van der Waals surface area (Å²) < 4.78 is 5.46. The molecular weight excluding hydrogens is 226 g/mol. The van der Waals surface area contributed by atoms with Crippen molar-refractivity contribution in [2.75, 3.05) is 13.2 Å². The SMILES string of the molecule is CCCCCNC(=O)COc1cccc(CC)c1. The number of carbonyl (C=O) groups is 1. The summed E-state index contributed by atoms with van der Waals surface area (Å²) in [6.45, 7) is 5.08. The van der Waals surface area contributed by atoms with E-state index >= 15 is 0 Å². The van der Waals surface area contributed by atoms with Gasteiger partial charge in [-0.3, -0.25) is 4.79 Å². The number of aryl methyl sites for hydroxylation is 1. The van der Waals surface area contributed by atoms with Crippen LogP contribution in [0.1, 0.15) is 38.7 Å². The number of carbonyl (C=O) groups excluding carboxylic acids is 1. The van der Waals surface area contributed by atoms with Crippen molar-refractivity contribution in [2.45, 2.75) is 39.5 Å².